The molecule has 0 heterocycles. The van der Waals surface area contributed by atoms with Crippen molar-refractivity contribution in [3.8, 4) is 17.6 Å². The van der Waals surface area contributed by atoms with Crippen LogP contribution in [-0.2, 0) is 39.8 Å². The Bertz CT molecular complexity index is 1360. The van der Waals surface area contributed by atoms with E-state index in [0.717, 1.165) is 44.1 Å². The normalized spacial score (nSPS) is 14.0. The van der Waals surface area contributed by atoms with Crippen LogP contribution in [0.3, 0.4) is 0 Å². The summed E-state index contributed by atoms with van der Waals surface area (Å²) in [4.78, 5) is 53.7. The van der Waals surface area contributed by atoms with Crippen LogP contribution in [0.1, 0.15) is 144 Å². The highest BCUT2D eigenvalue weighted by Crippen LogP contribution is 2.29. The first-order valence-electron chi connectivity index (χ1n) is 19.7. The molecule has 0 fully saturated rings. The summed E-state index contributed by atoms with van der Waals surface area (Å²) in [6.07, 6.45) is 14.1. The molecule has 0 bridgehead atoms. The van der Waals surface area contributed by atoms with Gasteiger partial charge in [-0.05, 0) is 91.8 Å². The van der Waals surface area contributed by atoms with E-state index in [1.807, 2.05) is 0 Å². The average molecular weight is 756 g/mol. The lowest BCUT2D eigenvalue weighted by molar-refractivity contribution is -0.185. The van der Waals surface area contributed by atoms with Crippen LogP contribution in [-0.4, -0.2) is 71.9 Å². The second-order valence-electron chi connectivity index (χ2n) is 15.9. The first-order chi connectivity index (χ1) is 25.5. The lowest BCUT2D eigenvalue weighted by Gasteiger charge is -2.35. The van der Waals surface area contributed by atoms with Gasteiger partial charge in [0.05, 0.1) is 5.92 Å². The van der Waals surface area contributed by atoms with Crippen molar-refractivity contribution in [2.45, 2.75) is 168 Å². The predicted octanol–water partition coefficient (Wildman–Crippen LogP) is 8.01. The first-order valence-corrected chi connectivity index (χ1v) is 19.7. The third-order valence-corrected chi connectivity index (χ3v) is 8.56. The smallest absolute Gasteiger partial charge is 0.339 e. The third kappa shape index (κ3) is 20.7. The van der Waals surface area contributed by atoms with E-state index in [1.165, 1.54) is 32.4 Å². The summed E-state index contributed by atoms with van der Waals surface area (Å²) in [7, 11) is 1.44. The molecule has 10 heteroatoms. The van der Waals surface area contributed by atoms with Crippen molar-refractivity contribution in [1.82, 2.24) is 5.32 Å². The van der Waals surface area contributed by atoms with Crippen molar-refractivity contribution in [2.24, 2.45) is 5.92 Å². The molecule has 1 aromatic carbocycles. The Hall–Kier alpha value is -3.68. The van der Waals surface area contributed by atoms with Crippen molar-refractivity contribution in [3.63, 3.8) is 0 Å². The molecular formula is C44H69NO9. The highest BCUT2D eigenvalue weighted by Gasteiger charge is 2.49. The molecule has 10 nitrogen and oxygen atoms in total. The van der Waals surface area contributed by atoms with Gasteiger partial charge in [-0.25, -0.2) is 9.59 Å². The Morgan fingerprint density at radius 1 is 0.852 bits per heavy atom. The summed E-state index contributed by atoms with van der Waals surface area (Å²) < 4.78 is 22.2. The Balaban J connectivity index is 3.22. The number of esters is 2. The average Bonchev–Trinajstić information content (AvgIpc) is 3.08. The monoisotopic (exact) mass is 755 g/mol. The lowest BCUT2D eigenvalue weighted by atomic mass is 9.82. The number of hydrogen-bond donors (Lipinski definition) is 2. The van der Waals surface area contributed by atoms with Gasteiger partial charge in [0.15, 0.2) is 5.60 Å². The number of hydrogen-bond acceptors (Lipinski definition) is 9. The van der Waals surface area contributed by atoms with E-state index in [4.69, 9.17) is 18.9 Å². The van der Waals surface area contributed by atoms with E-state index >= 15 is 0 Å². The number of carbonyl (C=O) groups is 4. The van der Waals surface area contributed by atoms with Crippen molar-refractivity contribution >= 4 is 23.6 Å². The highest BCUT2D eigenvalue weighted by atomic mass is 16.6. The van der Waals surface area contributed by atoms with Crippen molar-refractivity contribution in [2.75, 3.05) is 20.3 Å². The quantitative estimate of drug-likeness (QED) is 0.0417. The van der Waals surface area contributed by atoms with Gasteiger partial charge in [0, 0.05) is 39.4 Å². The summed E-state index contributed by atoms with van der Waals surface area (Å²) in [5.74, 6) is 2.76. The molecule has 0 radical (unpaired) electrons. The molecule has 1 aromatic rings. The van der Waals surface area contributed by atoms with E-state index in [2.05, 4.69) is 24.1 Å². The zero-order valence-electron chi connectivity index (χ0n) is 34.6. The molecule has 304 valence electrons. The number of benzene rings is 1. The number of Topliss-reactive ketones (excluding diaryl/α,β-unsaturated/α-hetero) is 1. The number of ether oxygens (including phenoxy) is 4. The number of unbranched alkanes of at least 4 members (excludes halogenated alkanes) is 8. The van der Waals surface area contributed by atoms with E-state index in [0.29, 0.717) is 30.8 Å². The number of amides is 1. The van der Waals surface area contributed by atoms with Gasteiger partial charge in [-0.3, -0.25) is 9.59 Å². The first kappa shape index (κ1) is 48.3. The SMILES string of the molecule is CC#CCOc1ccc(C[C@H](NC(=O)[C@@H](/C=C/CCCCCCC(=O)CCCCCCC)[C@@](O)(CCOC)C(=O)OC(C)(C)C)C(=O)OC(C)(C)C)cc1. The fourth-order valence-corrected chi connectivity index (χ4v) is 5.67. The van der Waals surface area contributed by atoms with Crippen LogP contribution in [0.5, 0.6) is 5.75 Å². The van der Waals surface area contributed by atoms with Gasteiger partial charge in [-0.15, -0.1) is 5.92 Å². The molecule has 0 unspecified atom stereocenters. The maximum atomic E-state index is 14.2. The Labute approximate surface area is 325 Å². The Morgan fingerprint density at radius 3 is 2.00 bits per heavy atom. The fourth-order valence-electron chi connectivity index (χ4n) is 5.67. The van der Waals surface area contributed by atoms with Crippen LogP contribution in [0.2, 0.25) is 0 Å². The largest absolute Gasteiger partial charge is 0.481 e. The van der Waals surface area contributed by atoms with Gasteiger partial charge in [0.1, 0.15) is 35.4 Å². The van der Waals surface area contributed by atoms with Gasteiger partial charge in [0.25, 0.3) is 0 Å². The van der Waals surface area contributed by atoms with Crippen LogP contribution in [0, 0.1) is 17.8 Å². The number of rotatable bonds is 26. The standard InChI is InChI=1S/C44H69NO9/c1-10-12-14-17-20-23-35(46)24-21-18-15-16-19-22-25-37(44(50,30-32-51-9)41(49)54-43(6,7)8)39(47)45-38(40(48)53-42(3,4)5)33-34-26-28-36(29-27-34)52-31-13-11-2/h22,25-29,37-38,50H,10,12,14-21,23-24,30-33H2,1-9H3,(H,45,47)/b25-22+/t37-,38+,44+/m1/s1. The number of carbonyl (C=O) groups excluding carboxylic acids is 4. The number of ketones is 1. The van der Waals surface area contributed by atoms with Crippen molar-refractivity contribution < 1.29 is 43.2 Å². The minimum absolute atomic E-state index is 0.0292. The molecule has 2 N–H and O–H groups in total. The molecule has 1 amide bonds. The maximum Gasteiger partial charge on any atom is 0.339 e. The van der Waals surface area contributed by atoms with Crippen molar-refractivity contribution in [1.29, 1.82) is 0 Å². The molecule has 0 spiro atoms. The van der Waals surface area contributed by atoms with Crippen LogP contribution in [0.15, 0.2) is 36.4 Å². The molecule has 0 aliphatic heterocycles. The van der Waals surface area contributed by atoms with Crippen LogP contribution in [0.25, 0.3) is 0 Å². The highest BCUT2D eigenvalue weighted by molar-refractivity contribution is 5.93. The van der Waals surface area contributed by atoms with Crippen LogP contribution in [0.4, 0.5) is 0 Å². The molecule has 0 saturated carbocycles. The van der Waals surface area contributed by atoms with E-state index in [1.54, 1.807) is 78.8 Å². The minimum atomic E-state index is -2.31. The van der Waals surface area contributed by atoms with E-state index in [-0.39, 0.29) is 26.1 Å². The van der Waals surface area contributed by atoms with E-state index in [9.17, 15) is 24.3 Å². The summed E-state index contributed by atoms with van der Waals surface area (Å²) in [5.41, 5.74) is -3.37. The van der Waals surface area contributed by atoms with Crippen LogP contribution >= 0.6 is 0 Å². The van der Waals surface area contributed by atoms with Gasteiger partial charge >= 0.3 is 11.9 Å². The Morgan fingerprint density at radius 2 is 1.44 bits per heavy atom. The number of aliphatic hydroxyl groups is 1. The van der Waals surface area contributed by atoms with Gasteiger partial charge in [-0.2, -0.15) is 0 Å². The molecule has 0 aliphatic carbocycles. The Kier molecular flexibility index (Phi) is 22.7. The summed E-state index contributed by atoms with van der Waals surface area (Å²) in [6, 6.07) is 5.94. The molecule has 1 rings (SSSR count). The minimum Gasteiger partial charge on any atom is -0.481 e. The number of methoxy groups -OCH3 is 1. The van der Waals surface area contributed by atoms with Gasteiger partial charge in [0.2, 0.25) is 5.91 Å². The molecular weight excluding hydrogens is 686 g/mol. The molecule has 0 aliphatic rings. The number of nitrogens with one attached hydrogen (secondary N) is 1. The maximum absolute atomic E-state index is 14.2. The number of allylic oxidation sites excluding steroid dienone is 1. The second-order valence-corrected chi connectivity index (χ2v) is 15.9. The zero-order valence-corrected chi connectivity index (χ0v) is 34.6. The fraction of sp³-hybridized carbons (Fsp3) is 0.682. The van der Waals surface area contributed by atoms with E-state index < -0.39 is 46.6 Å². The molecule has 54 heavy (non-hydrogen) atoms. The third-order valence-electron chi connectivity index (χ3n) is 8.56. The zero-order chi connectivity index (χ0) is 40.6. The van der Waals surface area contributed by atoms with Crippen LogP contribution < -0.4 is 10.1 Å². The molecule has 3 atom stereocenters. The summed E-state index contributed by atoms with van der Waals surface area (Å²) in [6.45, 7) is 14.4. The predicted molar refractivity (Wildman–Crippen MR) is 213 cm³/mol. The van der Waals surface area contributed by atoms with Gasteiger partial charge < -0.3 is 29.4 Å². The molecule has 0 aromatic heterocycles. The van der Waals surface area contributed by atoms with Gasteiger partial charge in [-0.1, -0.05) is 75.7 Å². The summed E-state index contributed by atoms with van der Waals surface area (Å²) >= 11 is 0. The summed E-state index contributed by atoms with van der Waals surface area (Å²) in [5, 5.41) is 14.8. The second kappa shape index (κ2) is 25.4. The topological polar surface area (TPSA) is 137 Å². The molecule has 0 saturated heterocycles. The van der Waals surface area contributed by atoms with Crippen molar-refractivity contribution in [3.05, 3.63) is 42.0 Å². The lowest BCUT2D eigenvalue weighted by Crippen LogP contribution is -2.56.